The van der Waals surface area contributed by atoms with Gasteiger partial charge in [0.1, 0.15) is 5.75 Å². The Morgan fingerprint density at radius 2 is 2.00 bits per heavy atom. The van der Waals surface area contributed by atoms with E-state index in [0.29, 0.717) is 22.7 Å². The Morgan fingerprint density at radius 1 is 1.19 bits per heavy atom. The molecule has 6 nitrogen and oxygen atoms in total. The summed E-state index contributed by atoms with van der Waals surface area (Å²) in [5.41, 5.74) is 3.36. The van der Waals surface area contributed by atoms with Crippen LogP contribution in [-0.4, -0.2) is 23.4 Å². The minimum atomic E-state index is -0.224. The predicted molar refractivity (Wildman–Crippen MR) is 104 cm³/mol. The van der Waals surface area contributed by atoms with E-state index in [4.69, 9.17) is 4.74 Å². The molecule has 1 aromatic heterocycles. The van der Waals surface area contributed by atoms with Crippen LogP contribution in [0.3, 0.4) is 0 Å². The molecule has 3 aromatic rings. The van der Waals surface area contributed by atoms with Crippen LogP contribution in [0.1, 0.15) is 35.8 Å². The fourth-order valence-electron chi connectivity index (χ4n) is 3.04. The Labute approximate surface area is 156 Å². The van der Waals surface area contributed by atoms with Gasteiger partial charge < -0.3 is 15.4 Å². The van der Waals surface area contributed by atoms with Gasteiger partial charge in [-0.15, -0.1) is 0 Å². The van der Waals surface area contributed by atoms with Crippen molar-refractivity contribution < 1.29 is 14.3 Å². The number of amides is 2. The fraction of sp³-hybridized carbons (Fsp3) is 0.190. The van der Waals surface area contributed by atoms with Crippen LogP contribution in [0.15, 0.2) is 48.5 Å². The highest BCUT2D eigenvalue weighted by molar-refractivity contribution is 6.12. The van der Waals surface area contributed by atoms with Crippen molar-refractivity contribution in [3.63, 3.8) is 0 Å². The molecule has 0 atom stereocenters. The number of fused-ring (bicyclic) bond motifs is 2. The number of benzene rings is 2. The summed E-state index contributed by atoms with van der Waals surface area (Å²) in [4.78, 5) is 29.1. The molecule has 2 N–H and O–H groups in total. The number of nitrogens with zero attached hydrogens (tertiary/aromatic N) is 1. The first-order chi connectivity index (χ1) is 13.0. The zero-order valence-electron chi connectivity index (χ0n) is 15.1. The van der Waals surface area contributed by atoms with Crippen molar-refractivity contribution in [1.82, 2.24) is 4.98 Å². The van der Waals surface area contributed by atoms with Gasteiger partial charge in [-0.25, -0.2) is 0 Å². The molecular weight excluding hydrogens is 342 g/mol. The van der Waals surface area contributed by atoms with E-state index in [9.17, 15) is 9.59 Å². The van der Waals surface area contributed by atoms with E-state index in [1.54, 1.807) is 18.2 Å². The van der Waals surface area contributed by atoms with Crippen molar-refractivity contribution in [3.05, 3.63) is 59.8 Å². The molecular formula is C21H19N3O3. The lowest BCUT2D eigenvalue weighted by Crippen LogP contribution is -2.25. The van der Waals surface area contributed by atoms with Crippen molar-refractivity contribution in [2.24, 2.45) is 0 Å². The quantitative estimate of drug-likeness (QED) is 0.740. The molecule has 0 saturated carbocycles. The van der Waals surface area contributed by atoms with Crippen LogP contribution in [0.25, 0.3) is 10.9 Å². The second-order valence-electron chi connectivity index (χ2n) is 6.77. The topological polar surface area (TPSA) is 80.3 Å². The van der Waals surface area contributed by atoms with Gasteiger partial charge in [-0.05, 0) is 36.2 Å². The summed E-state index contributed by atoms with van der Waals surface area (Å²) in [5, 5.41) is 6.45. The molecule has 4 rings (SSSR count). The monoisotopic (exact) mass is 361 g/mol. The number of hydrogen-bond acceptors (Lipinski definition) is 4. The summed E-state index contributed by atoms with van der Waals surface area (Å²) in [5.74, 6) is 0.354. The Balaban J connectivity index is 1.69. The number of ether oxygens (including phenoxy) is 1. The van der Waals surface area contributed by atoms with E-state index in [1.807, 2.05) is 44.2 Å². The van der Waals surface area contributed by atoms with Gasteiger partial charge in [0.2, 0.25) is 0 Å². The molecule has 2 heterocycles. The highest BCUT2D eigenvalue weighted by Gasteiger charge is 2.18. The summed E-state index contributed by atoms with van der Waals surface area (Å²) < 4.78 is 5.35. The van der Waals surface area contributed by atoms with Crippen molar-refractivity contribution in [2.75, 3.05) is 17.2 Å². The number of para-hydroxylation sites is 1. The Hall–Kier alpha value is -3.41. The zero-order valence-corrected chi connectivity index (χ0v) is 15.1. The summed E-state index contributed by atoms with van der Waals surface area (Å²) in [6.07, 6.45) is 0. The summed E-state index contributed by atoms with van der Waals surface area (Å²) in [7, 11) is 0. The minimum Gasteiger partial charge on any atom is -0.482 e. The third-order valence-electron chi connectivity index (χ3n) is 4.44. The van der Waals surface area contributed by atoms with Crippen LogP contribution in [-0.2, 0) is 4.79 Å². The van der Waals surface area contributed by atoms with Gasteiger partial charge in [0.15, 0.2) is 6.61 Å². The Bertz CT molecular complexity index is 1060. The van der Waals surface area contributed by atoms with E-state index in [2.05, 4.69) is 15.6 Å². The maximum atomic E-state index is 13.0. The highest BCUT2D eigenvalue weighted by Crippen LogP contribution is 2.31. The number of rotatable bonds is 3. The average molecular weight is 361 g/mol. The van der Waals surface area contributed by atoms with Crippen LogP contribution in [0.5, 0.6) is 5.75 Å². The van der Waals surface area contributed by atoms with Gasteiger partial charge in [-0.3, -0.25) is 14.6 Å². The third-order valence-corrected chi connectivity index (χ3v) is 4.44. The van der Waals surface area contributed by atoms with Gasteiger partial charge in [0, 0.05) is 16.8 Å². The van der Waals surface area contributed by atoms with E-state index < -0.39 is 0 Å². The summed E-state index contributed by atoms with van der Waals surface area (Å²) >= 11 is 0. The van der Waals surface area contributed by atoms with Crippen molar-refractivity contribution in [2.45, 2.75) is 19.8 Å². The number of anilines is 2. The lowest BCUT2D eigenvalue weighted by Gasteiger charge is -2.19. The van der Waals surface area contributed by atoms with Gasteiger partial charge in [0.25, 0.3) is 11.8 Å². The number of hydrogen-bond donors (Lipinski definition) is 2. The van der Waals surface area contributed by atoms with Gasteiger partial charge >= 0.3 is 0 Å². The number of carbonyl (C=O) groups excluding carboxylic acids is 2. The van der Waals surface area contributed by atoms with Gasteiger partial charge in [-0.1, -0.05) is 32.0 Å². The van der Waals surface area contributed by atoms with E-state index in [0.717, 1.165) is 16.6 Å². The molecule has 0 fully saturated rings. The van der Waals surface area contributed by atoms with Crippen LogP contribution >= 0.6 is 0 Å². The van der Waals surface area contributed by atoms with Crippen molar-refractivity contribution in [3.8, 4) is 5.75 Å². The molecule has 2 amide bonds. The molecule has 0 aliphatic carbocycles. The SMILES string of the molecule is CC(C)c1cc(C(=O)Nc2ccc3c(c2)NC(=O)CO3)c2ccccc2n1. The number of pyridine rings is 1. The molecule has 0 spiro atoms. The molecule has 0 unspecified atom stereocenters. The zero-order chi connectivity index (χ0) is 19.0. The lowest BCUT2D eigenvalue weighted by molar-refractivity contribution is -0.118. The number of aromatic nitrogens is 1. The second kappa shape index (κ2) is 6.72. The Morgan fingerprint density at radius 3 is 2.81 bits per heavy atom. The van der Waals surface area contributed by atoms with E-state index in [1.165, 1.54) is 0 Å². The molecule has 136 valence electrons. The normalized spacial score (nSPS) is 13.1. The van der Waals surface area contributed by atoms with Crippen LogP contribution in [0.2, 0.25) is 0 Å². The van der Waals surface area contributed by atoms with Crippen LogP contribution < -0.4 is 15.4 Å². The average Bonchev–Trinajstić information content (AvgIpc) is 2.66. The Kier molecular flexibility index (Phi) is 4.24. The molecule has 0 radical (unpaired) electrons. The molecule has 1 aliphatic rings. The second-order valence-corrected chi connectivity index (χ2v) is 6.77. The van der Waals surface area contributed by atoms with Gasteiger partial charge in [0.05, 0.1) is 16.8 Å². The first kappa shape index (κ1) is 17.0. The molecule has 0 bridgehead atoms. The summed E-state index contributed by atoms with van der Waals surface area (Å²) in [6.45, 7) is 4.09. The van der Waals surface area contributed by atoms with Crippen LogP contribution in [0, 0.1) is 0 Å². The highest BCUT2D eigenvalue weighted by atomic mass is 16.5. The standard InChI is InChI=1S/C21H19N3O3/c1-12(2)17-10-15(14-5-3-4-6-16(14)23-17)21(26)22-13-7-8-19-18(9-13)24-20(25)11-27-19/h3-10,12H,11H2,1-2H3,(H,22,26)(H,24,25). The van der Waals surface area contributed by atoms with Crippen molar-refractivity contribution >= 4 is 34.1 Å². The molecule has 6 heteroatoms. The lowest BCUT2D eigenvalue weighted by atomic mass is 10.0. The van der Waals surface area contributed by atoms with Crippen LogP contribution in [0.4, 0.5) is 11.4 Å². The molecule has 27 heavy (non-hydrogen) atoms. The first-order valence-corrected chi connectivity index (χ1v) is 8.79. The molecule has 1 aliphatic heterocycles. The van der Waals surface area contributed by atoms with E-state index >= 15 is 0 Å². The minimum absolute atomic E-state index is 0.000308. The van der Waals surface area contributed by atoms with Gasteiger partial charge in [-0.2, -0.15) is 0 Å². The number of nitrogens with one attached hydrogen (secondary N) is 2. The smallest absolute Gasteiger partial charge is 0.262 e. The molecule has 0 saturated heterocycles. The first-order valence-electron chi connectivity index (χ1n) is 8.79. The number of carbonyl (C=O) groups is 2. The summed E-state index contributed by atoms with van der Waals surface area (Å²) in [6, 6.07) is 14.6. The largest absolute Gasteiger partial charge is 0.482 e. The maximum absolute atomic E-state index is 13.0. The third kappa shape index (κ3) is 3.33. The van der Waals surface area contributed by atoms with E-state index in [-0.39, 0.29) is 24.3 Å². The van der Waals surface area contributed by atoms with Crippen molar-refractivity contribution in [1.29, 1.82) is 0 Å². The molecule has 2 aromatic carbocycles. The maximum Gasteiger partial charge on any atom is 0.262 e. The fourth-order valence-corrected chi connectivity index (χ4v) is 3.04. The predicted octanol–water partition coefficient (Wildman–Crippen LogP) is 3.94.